The van der Waals surface area contributed by atoms with Gasteiger partial charge in [0, 0.05) is 6.54 Å². The summed E-state index contributed by atoms with van der Waals surface area (Å²) in [6, 6.07) is 3.29. The summed E-state index contributed by atoms with van der Waals surface area (Å²) in [5.74, 6) is 0.697. The largest absolute Gasteiger partial charge is 0.369 e. The van der Waals surface area contributed by atoms with Crippen LogP contribution in [0.5, 0.6) is 0 Å². The molecule has 94 valence electrons. The van der Waals surface area contributed by atoms with Crippen molar-refractivity contribution in [2.45, 2.75) is 13.5 Å². The van der Waals surface area contributed by atoms with Crippen molar-refractivity contribution in [3.8, 4) is 0 Å². The molecule has 0 atom stereocenters. The predicted octanol–water partition coefficient (Wildman–Crippen LogP) is -0.648. The fraction of sp³-hybridized carbons (Fsp3) is 0.333. The third-order valence-corrected chi connectivity index (χ3v) is 2.05. The van der Waals surface area contributed by atoms with Crippen LogP contribution in [0, 0.1) is 0 Å². The molecule has 2 aromatic rings. The number of carbonyl (C=O) groups excluding carboxylic acids is 1. The zero-order valence-corrected chi connectivity index (χ0v) is 9.71. The van der Waals surface area contributed by atoms with Crippen LogP contribution in [-0.4, -0.2) is 43.3 Å². The number of tetrazole rings is 1. The van der Waals surface area contributed by atoms with Gasteiger partial charge < -0.3 is 10.6 Å². The minimum atomic E-state index is -0.338. The van der Waals surface area contributed by atoms with Crippen molar-refractivity contribution in [1.82, 2.24) is 36.1 Å². The lowest BCUT2D eigenvalue weighted by Gasteiger charge is -2.03. The highest BCUT2D eigenvalue weighted by Crippen LogP contribution is 2.01. The minimum absolute atomic E-state index is 0.186. The van der Waals surface area contributed by atoms with Crippen molar-refractivity contribution < 1.29 is 4.79 Å². The second-order valence-electron chi connectivity index (χ2n) is 3.34. The van der Waals surface area contributed by atoms with Gasteiger partial charge in [0.1, 0.15) is 5.82 Å². The summed E-state index contributed by atoms with van der Waals surface area (Å²) in [5.41, 5.74) is 0.236. The van der Waals surface area contributed by atoms with Crippen LogP contribution in [-0.2, 0) is 6.54 Å². The first-order chi connectivity index (χ1) is 8.79. The van der Waals surface area contributed by atoms with Gasteiger partial charge in [-0.25, -0.2) is 0 Å². The van der Waals surface area contributed by atoms with E-state index < -0.39 is 0 Å². The number of aromatic amines is 1. The van der Waals surface area contributed by atoms with Gasteiger partial charge in [-0.05, 0) is 19.1 Å². The quantitative estimate of drug-likeness (QED) is 0.642. The molecule has 0 saturated carbocycles. The van der Waals surface area contributed by atoms with E-state index in [4.69, 9.17) is 0 Å². The molecule has 0 fully saturated rings. The Morgan fingerprint density at radius 2 is 2.22 bits per heavy atom. The summed E-state index contributed by atoms with van der Waals surface area (Å²) in [6.07, 6.45) is 0. The van der Waals surface area contributed by atoms with Crippen molar-refractivity contribution in [2.24, 2.45) is 0 Å². The molecule has 0 bridgehead atoms. The average Bonchev–Trinajstić information content (AvgIpc) is 2.90. The number of aromatic nitrogens is 6. The van der Waals surface area contributed by atoms with Gasteiger partial charge in [-0.1, -0.05) is 5.21 Å². The molecule has 1 amide bonds. The van der Waals surface area contributed by atoms with Gasteiger partial charge in [-0.2, -0.15) is 5.21 Å². The van der Waals surface area contributed by atoms with E-state index in [1.165, 1.54) is 0 Å². The van der Waals surface area contributed by atoms with Gasteiger partial charge >= 0.3 is 0 Å². The smallest absolute Gasteiger partial charge is 0.272 e. The van der Waals surface area contributed by atoms with Crippen LogP contribution < -0.4 is 10.6 Å². The van der Waals surface area contributed by atoms with Gasteiger partial charge in [-0.15, -0.1) is 20.4 Å². The van der Waals surface area contributed by atoms with Crippen LogP contribution in [0.25, 0.3) is 0 Å². The Morgan fingerprint density at radius 3 is 2.83 bits per heavy atom. The lowest BCUT2D eigenvalue weighted by atomic mass is 10.3. The normalized spacial score (nSPS) is 10.1. The standard InChI is InChI=1S/C9H12N8O/c1-2-10-7-4-3-6(12-13-7)9(18)11-5-8-14-16-17-15-8/h3-4H,2,5H2,1H3,(H,10,13)(H,11,18)(H,14,15,16,17). The molecule has 9 nitrogen and oxygen atoms in total. The third-order valence-electron chi connectivity index (χ3n) is 2.05. The maximum absolute atomic E-state index is 11.7. The van der Waals surface area contributed by atoms with Crippen molar-refractivity contribution in [2.75, 3.05) is 11.9 Å². The molecule has 0 radical (unpaired) electrons. The Bertz CT molecular complexity index is 494. The van der Waals surface area contributed by atoms with Crippen LogP contribution in [0.2, 0.25) is 0 Å². The Morgan fingerprint density at radius 1 is 1.33 bits per heavy atom. The first kappa shape index (κ1) is 11.9. The Hall–Kier alpha value is -2.58. The Balaban J connectivity index is 1.92. The summed E-state index contributed by atoms with van der Waals surface area (Å²) in [6.45, 7) is 2.89. The molecule has 0 aliphatic carbocycles. The maximum Gasteiger partial charge on any atom is 0.272 e. The SMILES string of the molecule is CCNc1ccc(C(=O)NCc2nn[nH]n2)nn1. The number of rotatable bonds is 5. The van der Waals surface area contributed by atoms with Crippen LogP contribution in [0.3, 0.4) is 0 Å². The van der Waals surface area contributed by atoms with E-state index in [9.17, 15) is 4.79 Å². The molecule has 0 saturated heterocycles. The number of nitrogens with one attached hydrogen (secondary N) is 3. The van der Waals surface area contributed by atoms with Gasteiger partial charge in [0.05, 0.1) is 6.54 Å². The van der Waals surface area contributed by atoms with Crippen molar-refractivity contribution >= 4 is 11.7 Å². The number of carbonyl (C=O) groups is 1. The van der Waals surface area contributed by atoms with Crippen molar-refractivity contribution in [1.29, 1.82) is 0 Å². The summed E-state index contributed by atoms with van der Waals surface area (Å²) < 4.78 is 0. The number of hydrogen-bond donors (Lipinski definition) is 3. The monoisotopic (exact) mass is 248 g/mol. The predicted molar refractivity (Wildman–Crippen MR) is 61.5 cm³/mol. The van der Waals surface area contributed by atoms with E-state index in [-0.39, 0.29) is 18.1 Å². The molecule has 2 aromatic heterocycles. The minimum Gasteiger partial charge on any atom is -0.369 e. The van der Waals surface area contributed by atoms with Gasteiger partial charge in [0.25, 0.3) is 5.91 Å². The highest BCUT2D eigenvalue weighted by atomic mass is 16.1. The molecule has 9 heteroatoms. The topological polar surface area (TPSA) is 121 Å². The first-order valence-electron chi connectivity index (χ1n) is 5.37. The fourth-order valence-electron chi connectivity index (χ4n) is 1.24. The van der Waals surface area contributed by atoms with E-state index in [0.29, 0.717) is 11.6 Å². The number of amides is 1. The molecule has 0 spiro atoms. The van der Waals surface area contributed by atoms with Crippen LogP contribution in [0.4, 0.5) is 5.82 Å². The zero-order chi connectivity index (χ0) is 12.8. The second-order valence-corrected chi connectivity index (χ2v) is 3.34. The molecular weight excluding hydrogens is 236 g/mol. The third kappa shape index (κ3) is 2.97. The molecular formula is C9H12N8O. The molecule has 0 aliphatic rings. The van der Waals surface area contributed by atoms with Gasteiger partial charge in [0.15, 0.2) is 11.5 Å². The zero-order valence-electron chi connectivity index (χ0n) is 9.71. The van der Waals surface area contributed by atoms with E-state index in [1.807, 2.05) is 6.92 Å². The van der Waals surface area contributed by atoms with Crippen LogP contribution in [0.15, 0.2) is 12.1 Å². The highest BCUT2D eigenvalue weighted by molar-refractivity contribution is 5.92. The first-order valence-corrected chi connectivity index (χ1v) is 5.37. The molecule has 2 rings (SSSR count). The molecule has 2 heterocycles. The Labute approximate surface area is 102 Å². The highest BCUT2D eigenvalue weighted by Gasteiger charge is 2.08. The molecule has 0 aromatic carbocycles. The van der Waals surface area contributed by atoms with E-state index >= 15 is 0 Å². The summed E-state index contributed by atoms with van der Waals surface area (Å²) in [4.78, 5) is 11.7. The van der Waals surface area contributed by atoms with Crippen molar-refractivity contribution in [3.63, 3.8) is 0 Å². The average molecular weight is 248 g/mol. The van der Waals surface area contributed by atoms with Gasteiger partial charge in [0.2, 0.25) is 0 Å². The number of nitrogens with zero attached hydrogens (tertiary/aromatic N) is 5. The number of hydrogen-bond acceptors (Lipinski definition) is 7. The lowest BCUT2D eigenvalue weighted by molar-refractivity contribution is 0.0944. The summed E-state index contributed by atoms with van der Waals surface area (Å²) in [5, 5.41) is 26.4. The van der Waals surface area contributed by atoms with E-state index in [1.54, 1.807) is 12.1 Å². The molecule has 0 unspecified atom stereocenters. The molecule has 3 N–H and O–H groups in total. The van der Waals surface area contributed by atoms with Crippen LogP contribution in [0.1, 0.15) is 23.2 Å². The number of H-pyrrole nitrogens is 1. The second kappa shape index (κ2) is 5.66. The van der Waals surface area contributed by atoms with Gasteiger partial charge in [-0.3, -0.25) is 4.79 Å². The van der Waals surface area contributed by atoms with Crippen molar-refractivity contribution in [3.05, 3.63) is 23.7 Å². The summed E-state index contributed by atoms with van der Waals surface area (Å²) >= 11 is 0. The van der Waals surface area contributed by atoms with E-state index in [2.05, 4.69) is 41.5 Å². The molecule has 18 heavy (non-hydrogen) atoms. The fourth-order valence-corrected chi connectivity index (χ4v) is 1.24. The molecule has 0 aliphatic heterocycles. The summed E-state index contributed by atoms with van der Waals surface area (Å²) in [7, 11) is 0. The lowest BCUT2D eigenvalue weighted by Crippen LogP contribution is -2.24. The Kier molecular flexibility index (Phi) is 3.74. The van der Waals surface area contributed by atoms with E-state index in [0.717, 1.165) is 6.54 Å². The maximum atomic E-state index is 11.7. The van der Waals surface area contributed by atoms with Crippen LogP contribution >= 0.6 is 0 Å². The number of anilines is 1.